The second kappa shape index (κ2) is 16.0. The molecule has 0 fully saturated rings. The third-order valence-corrected chi connectivity index (χ3v) is 13.2. The topological polar surface area (TPSA) is 26.5 Å². The van der Waals surface area contributed by atoms with Crippen LogP contribution in [0.4, 0.5) is 0 Å². The van der Waals surface area contributed by atoms with E-state index in [0.29, 0.717) is 5.92 Å². The van der Waals surface area contributed by atoms with Crippen molar-refractivity contribution in [1.29, 1.82) is 0 Å². The lowest BCUT2D eigenvalue weighted by Crippen LogP contribution is -2.05. The molecule has 0 amide bonds. The van der Waals surface area contributed by atoms with E-state index in [0.717, 1.165) is 59.7 Å². The van der Waals surface area contributed by atoms with Crippen LogP contribution in [-0.4, -0.2) is 10.3 Å². The lowest BCUT2D eigenvalue weighted by atomic mass is 9.82. The molecule has 62 heavy (non-hydrogen) atoms. The lowest BCUT2D eigenvalue weighted by molar-refractivity contribution is 0.426. The molecule has 2 atom stereocenters. The molecule has 11 rings (SSSR count). The van der Waals surface area contributed by atoms with Crippen LogP contribution >= 0.6 is 0 Å². The Balaban J connectivity index is 0.926. The molecule has 1 aromatic heterocycles. The van der Waals surface area contributed by atoms with Gasteiger partial charge in [-0.15, -0.1) is 0 Å². The van der Waals surface area contributed by atoms with Crippen molar-refractivity contribution in [2.45, 2.75) is 51.4 Å². The molecular formula is C59H48N2O. The summed E-state index contributed by atoms with van der Waals surface area (Å²) in [6, 6.07) is 61.7. The summed E-state index contributed by atoms with van der Waals surface area (Å²) in [5.74, 6) is 2.64. The van der Waals surface area contributed by atoms with Crippen molar-refractivity contribution < 1.29 is 4.74 Å². The second-order valence-corrected chi connectivity index (χ2v) is 16.9. The second-order valence-electron chi connectivity index (χ2n) is 16.9. The molecule has 0 saturated carbocycles. The molecule has 2 unspecified atom stereocenters. The van der Waals surface area contributed by atoms with Crippen molar-refractivity contribution in [3.8, 4) is 22.6 Å². The molecule has 3 heterocycles. The van der Waals surface area contributed by atoms with E-state index < -0.39 is 0 Å². The van der Waals surface area contributed by atoms with E-state index >= 15 is 0 Å². The van der Waals surface area contributed by atoms with Gasteiger partial charge in [0.05, 0.1) is 28.4 Å². The van der Waals surface area contributed by atoms with E-state index in [4.69, 9.17) is 9.73 Å². The number of hydrogen-bond donors (Lipinski definition) is 0. The van der Waals surface area contributed by atoms with Crippen LogP contribution in [0.2, 0.25) is 0 Å². The van der Waals surface area contributed by atoms with Crippen LogP contribution in [-0.2, 0) is 0 Å². The van der Waals surface area contributed by atoms with Gasteiger partial charge in [0.25, 0.3) is 0 Å². The molecule has 3 heteroatoms. The van der Waals surface area contributed by atoms with Gasteiger partial charge in [-0.2, -0.15) is 0 Å². The standard InChI is InChI=1S/C59H48N2O/c1-3-39(2)40-27-31-48(32-28-40)61-55-25-11-10-22-50(55)51-36-44(29-33-56(51)61)45-30-34-57-52(37-45)59-49(23-14-26-58(59)62-57)46-20-12-21-47(35-46)53-24-13-19-43(41-15-6-4-7-16-41)38-54(60-53)42-17-8-5-9-18-42/h4-12,14-18,20-36,38-39,52H,3,13,19,37H2,1-2H3/b43-38+,53-24-,60-54-. The molecule has 0 N–H and O–H groups in total. The number of fused-ring (bicyclic) bond motifs is 6. The maximum atomic E-state index is 6.63. The summed E-state index contributed by atoms with van der Waals surface area (Å²) in [6.45, 7) is 4.56. The quantitative estimate of drug-likeness (QED) is 0.150. The number of hydrogen-bond acceptors (Lipinski definition) is 2. The maximum absolute atomic E-state index is 6.63. The highest BCUT2D eigenvalue weighted by atomic mass is 16.5. The fraction of sp³-hybridized carbons (Fsp3) is 0.136. The molecule has 0 bridgehead atoms. The number of ether oxygens (including phenoxy) is 1. The number of allylic oxidation sites excluding steroid dienone is 7. The predicted molar refractivity (Wildman–Crippen MR) is 260 cm³/mol. The number of aromatic nitrogens is 1. The minimum atomic E-state index is 0.121. The van der Waals surface area contributed by atoms with E-state index in [9.17, 15) is 0 Å². The SMILES string of the molecule is CCC(C)c1ccc(-n2c3ccccc3c3cc(C4=CC=C5Oc6cccc(-c7cccc(C8=C\CC\C(c9ccccc9)=C/C(c9ccccc9)=N/8)c7)c6C5C4)ccc32)cc1. The molecule has 8 aromatic rings. The molecule has 7 aromatic carbocycles. The molecule has 300 valence electrons. The Labute approximate surface area is 364 Å². The highest BCUT2D eigenvalue weighted by Gasteiger charge is 2.35. The van der Waals surface area contributed by atoms with Crippen LogP contribution in [0, 0.1) is 0 Å². The fourth-order valence-electron chi connectivity index (χ4n) is 9.74. The molecule has 0 spiro atoms. The first kappa shape index (κ1) is 37.7. The number of benzene rings is 7. The fourth-order valence-corrected chi connectivity index (χ4v) is 9.74. The minimum Gasteiger partial charge on any atom is -0.461 e. The van der Waals surface area contributed by atoms with Crippen LogP contribution < -0.4 is 4.74 Å². The average Bonchev–Trinajstić information content (AvgIpc) is 3.87. The van der Waals surface area contributed by atoms with E-state index in [1.54, 1.807) is 0 Å². The Kier molecular flexibility index (Phi) is 9.73. The summed E-state index contributed by atoms with van der Waals surface area (Å²) in [4.78, 5) is 5.40. The summed E-state index contributed by atoms with van der Waals surface area (Å²) < 4.78 is 9.05. The van der Waals surface area contributed by atoms with Gasteiger partial charge in [0.1, 0.15) is 11.5 Å². The van der Waals surface area contributed by atoms with Crippen molar-refractivity contribution in [1.82, 2.24) is 4.57 Å². The van der Waals surface area contributed by atoms with Gasteiger partial charge >= 0.3 is 0 Å². The first-order chi connectivity index (χ1) is 30.6. The largest absolute Gasteiger partial charge is 0.461 e. The highest BCUT2D eigenvalue weighted by molar-refractivity contribution is 6.14. The molecular weight excluding hydrogens is 753 g/mol. The van der Waals surface area contributed by atoms with Gasteiger partial charge in [0.15, 0.2) is 0 Å². The summed E-state index contributed by atoms with van der Waals surface area (Å²) in [5, 5.41) is 2.54. The average molecular weight is 801 g/mol. The van der Waals surface area contributed by atoms with Gasteiger partial charge in [0, 0.05) is 33.2 Å². The van der Waals surface area contributed by atoms with Crippen LogP contribution in [0.3, 0.4) is 0 Å². The van der Waals surface area contributed by atoms with Crippen molar-refractivity contribution in [3.63, 3.8) is 0 Å². The van der Waals surface area contributed by atoms with E-state index in [2.05, 4.69) is 213 Å². The van der Waals surface area contributed by atoms with Gasteiger partial charge in [-0.25, -0.2) is 4.99 Å². The Bertz CT molecular complexity index is 3160. The number of aliphatic imine (C=N–C) groups is 1. The summed E-state index contributed by atoms with van der Waals surface area (Å²) in [7, 11) is 0. The zero-order chi connectivity index (χ0) is 41.6. The first-order valence-electron chi connectivity index (χ1n) is 22.2. The van der Waals surface area contributed by atoms with Crippen LogP contribution in [0.5, 0.6) is 5.75 Å². The highest BCUT2D eigenvalue weighted by Crippen LogP contribution is 2.51. The summed E-state index contributed by atoms with van der Waals surface area (Å²) in [5.41, 5.74) is 18.0. The monoisotopic (exact) mass is 800 g/mol. The summed E-state index contributed by atoms with van der Waals surface area (Å²) >= 11 is 0. The normalized spacial score (nSPS) is 19.0. The predicted octanol–water partition coefficient (Wildman–Crippen LogP) is 15.5. The maximum Gasteiger partial charge on any atom is 0.131 e. The van der Waals surface area contributed by atoms with Gasteiger partial charge in [0.2, 0.25) is 0 Å². The van der Waals surface area contributed by atoms with Crippen LogP contribution in [0.15, 0.2) is 205 Å². The Morgan fingerprint density at radius 1 is 0.629 bits per heavy atom. The van der Waals surface area contributed by atoms with Crippen molar-refractivity contribution >= 4 is 44.4 Å². The van der Waals surface area contributed by atoms with Gasteiger partial charge in [-0.1, -0.05) is 153 Å². The van der Waals surface area contributed by atoms with E-state index in [1.807, 2.05) is 0 Å². The van der Waals surface area contributed by atoms with Gasteiger partial charge < -0.3 is 9.30 Å². The molecule has 3 aliphatic rings. The third-order valence-electron chi connectivity index (χ3n) is 13.2. The number of rotatable bonds is 8. The van der Waals surface area contributed by atoms with Gasteiger partial charge in [-0.05, 0) is 125 Å². The Morgan fingerprint density at radius 3 is 2.18 bits per heavy atom. The zero-order valence-electron chi connectivity index (χ0n) is 35.3. The smallest absolute Gasteiger partial charge is 0.131 e. The van der Waals surface area contributed by atoms with Crippen molar-refractivity contribution in [2.24, 2.45) is 4.99 Å². The molecule has 1 aliphatic carbocycles. The van der Waals surface area contributed by atoms with E-state index in [1.165, 1.54) is 72.0 Å². The number of nitrogens with zero attached hydrogens (tertiary/aromatic N) is 2. The number of para-hydroxylation sites is 1. The van der Waals surface area contributed by atoms with Crippen LogP contribution in [0.1, 0.15) is 84.7 Å². The molecule has 0 saturated heterocycles. The minimum absolute atomic E-state index is 0.121. The zero-order valence-corrected chi connectivity index (χ0v) is 35.3. The van der Waals surface area contributed by atoms with Crippen molar-refractivity contribution in [2.75, 3.05) is 0 Å². The summed E-state index contributed by atoms with van der Waals surface area (Å²) in [6.07, 6.45) is 12.9. The Hall–Kier alpha value is -7.23. The van der Waals surface area contributed by atoms with E-state index in [-0.39, 0.29) is 5.92 Å². The molecule has 3 nitrogen and oxygen atoms in total. The lowest BCUT2D eigenvalue weighted by Gasteiger charge is -2.20. The third kappa shape index (κ3) is 6.84. The Morgan fingerprint density at radius 2 is 1.35 bits per heavy atom. The van der Waals surface area contributed by atoms with Crippen LogP contribution in [0.25, 0.3) is 55.5 Å². The molecule has 0 radical (unpaired) electrons. The van der Waals surface area contributed by atoms with Crippen molar-refractivity contribution in [3.05, 3.63) is 233 Å². The first-order valence-corrected chi connectivity index (χ1v) is 22.2. The van der Waals surface area contributed by atoms with Gasteiger partial charge in [-0.3, -0.25) is 0 Å². The molecule has 2 aliphatic heterocycles.